The molecule has 1 aliphatic rings. The average molecular weight is 244 g/mol. The van der Waals surface area contributed by atoms with Crippen LogP contribution in [-0.4, -0.2) is 42.4 Å². The van der Waals surface area contributed by atoms with Gasteiger partial charge in [-0.15, -0.1) is 0 Å². The van der Waals surface area contributed by atoms with Gasteiger partial charge in [-0.1, -0.05) is 20.8 Å². The van der Waals surface area contributed by atoms with E-state index in [1.807, 2.05) is 20.8 Å². The summed E-state index contributed by atoms with van der Waals surface area (Å²) in [5.41, 5.74) is -1.32. The predicted molar refractivity (Wildman–Crippen MR) is 61.8 cm³/mol. The second kappa shape index (κ2) is 4.91. The van der Waals surface area contributed by atoms with E-state index in [2.05, 4.69) is 10.6 Å². The number of aliphatic carboxylic acids is 1. The molecule has 0 spiro atoms. The van der Waals surface area contributed by atoms with Crippen molar-refractivity contribution in [2.24, 2.45) is 5.41 Å². The molecule has 17 heavy (non-hydrogen) atoms. The van der Waals surface area contributed by atoms with Gasteiger partial charge >= 0.3 is 12.0 Å². The molecule has 0 aliphatic carbocycles. The maximum absolute atomic E-state index is 11.6. The fraction of sp³-hybridized carbons (Fsp3) is 0.818. The van der Waals surface area contributed by atoms with Gasteiger partial charge in [0.05, 0.1) is 6.61 Å². The quantitative estimate of drug-likeness (QED) is 0.677. The number of hydrogen-bond acceptors (Lipinski definition) is 3. The van der Waals surface area contributed by atoms with E-state index >= 15 is 0 Å². The topological polar surface area (TPSA) is 87.7 Å². The molecular formula is C11H20N2O4. The number of ether oxygens (including phenoxy) is 1. The Hall–Kier alpha value is -1.30. The van der Waals surface area contributed by atoms with Crippen LogP contribution >= 0.6 is 0 Å². The fourth-order valence-electron chi connectivity index (χ4n) is 1.49. The summed E-state index contributed by atoms with van der Waals surface area (Å²) in [6.45, 7) is 6.81. The minimum Gasteiger partial charge on any atom is -0.479 e. The first-order chi connectivity index (χ1) is 7.75. The molecule has 0 aromatic rings. The molecule has 0 saturated carbocycles. The van der Waals surface area contributed by atoms with Crippen LogP contribution in [-0.2, 0) is 9.53 Å². The lowest BCUT2D eigenvalue weighted by Gasteiger charge is -2.25. The zero-order chi connectivity index (χ0) is 13.1. The first kappa shape index (κ1) is 13.8. The number of urea groups is 1. The number of nitrogens with one attached hydrogen (secondary N) is 2. The van der Waals surface area contributed by atoms with E-state index in [4.69, 9.17) is 9.84 Å². The molecule has 0 bridgehead atoms. The normalized spacial score (nSPS) is 24.4. The molecule has 1 unspecified atom stereocenters. The van der Waals surface area contributed by atoms with Crippen LogP contribution in [0.2, 0.25) is 0 Å². The number of carbonyl (C=O) groups is 2. The summed E-state index contributed by atoms with van der Waals surface area (Å²) in [5, 5.41) is 14.3. The molecule has 6 nitrogen and oxygen atoms in total. The van der Waals surface area contributed by atoms with E-state index in [9.17, 15) is 9.59 Å². The minimum atomic E-state index is -1.28. The van der Waals surface area contributed by atoms with Crippen molar-refractivity contribution in [1.29, 1.82) is 0 Å². The Bertz CT molecular complexity index is 303. The van der Waals surface area contributed by atoms with Gasteiger partial charge in [-0.2, -0.15) is 0 Å². The van der Waals surface area contributed by atoms with Crippen LogP contribution in [0.5, 0.6) is 0 Å². The highest BCUT2D eigenvalue weighted by Gasteiger charge is 2.44. The van der Waals surface area contributed by atoms with Crippen molar-refractivity contribution in [3.63, 3.8) is 0 Å². The predicted octanol–water partition coefficient (Wildman–Crippen LogP) is 0.575. The Morgan fingerprint density at radius 1 is 1.41 bits per heavy atom. The van der Waals surface area contributed by atoms with E-state index < -0.39 is 17.5 Å². The van der Waals surface area contributed by atoms with Crippen molar-refractivity contribution in [3.05, 3.63) is 0 Å². The largest absolute Gasteiger partial charge is 0.479 e. The van der Waals surface area contributed by atoms with Crippen LogP contribution in [0.4, 0.5) is 4.79 Å². The van der Waals surface area contributed by atoms with E-state index in [-0.39, 0.29) is 12.0 Å². The van der Waals surface area contributed by atoms with Crippen LogP contribution in [0, 0.1) is 5.41 Å². The van der Waals surface area contributed by atoms with Crippen molar-refractivity contribution in [2.45, 2.75) is 32.7 Å². The lowest BCUT2D eigenvalue weighted by molar-refractivity contribution is -0.144. The summed E-state index contributed by atoms with van der Waals surface area (Å²) >= 11 is 0. The van der Waals surface area contributed by atoms with Gasteiger partial charge in [0.25, 0.3) is 0 Å². The number of amides is 2. The molecule has 1 saturated heterocycles. The highest BCUT2D eigenvalue weighted by Crippen LogP contribution is 2.19. The third-order valence-electron chi connectivity index (χ3n) is 2.56. The van der Waals surface area contributed by atoms with Crippen molar-refractivity contribution in [3.8, 4) is 0 Å². The summed E-state index contributed by atoms with van der Waals surface area (Å²) in [7, 11) is 0. The molecule has 1 fully saturated rings. The first-order valence-corrected chi connectivity index (χ1v) is 5.62. The van der Waals surface area contributed by atoms with E-state index in [1.165, 1.54) is 0 Å². The Morgan fingerprint density at radius 3 is 2.47 bits per heavy atom. The Labute approximate surface area is 101 Å². The van der Waals surface area contributed by atoms with Gasteiger partial charge in [-0.05, 0) is 5.41 Å². The van der Waals surface area contributed by atoms with Gasteiger partial charge in [-0.3, -0.25) is 0 Å². The van der Waals surface area contributed by atoms with E-state index in [0.717, 1.165) is 0 Å². The first-order valence-electron chi connectivity index (χ1n) is 5.62. The van der Waals surface area contributed by atoms with Crippen molar-refractivity contribution >= 4 is 12.0 Å². The fourth-order valence-corrected chi connectivity index (χ4v) is 1.49. The number of carboxylic acids is 1. The second-order valence-corrected chi connectivity index (χ2v) is 5.56. The maximum Gasteiger partial charge on any atom is 0.332 e. The van der Waals surface area contributed by atoms with E-state index in [0.29, 0.717) is 19.6 Å². The third kappa shape index (κ3) is 3.89. The monoisotopic (exact) mass is 244 g/mol. The molecule has 6 heteroatoms. The van der Waals surface area contributed by atoms with Crippen molar-refractivity contribution < 1.29 is 19.4 Å². The molecular weight excluding hydrogens is 224 g/mol. The number of hydrogen-bond donors (Lipinski definition) is 3. The zero-order valence-corrected chi connectivity index (χ0v) is 10.5. The summed E-state index contributed by atoms with van der Waals surface area (Å²) in [4.78, 5) is 22.8. The van der Waals surface area contributed by atoms with E-state index in [1.54, 1.807) is 0 Å². The summed E-state index contributed by atoms with van der Waals surface area (Å²) in [6, 6.07) is -0.465. The summed E-state index contributed by atoms with van der Waals surface area (Å²) in [6.07, 6.45) is 0.297. The second-order valence-electron chi connectivity index (χ2n) is 5.56. The highest BCUT2D eigenvalue weighted by molar-refractivity contribution is 5.86. The van der Waals surface area contributed by atoms with Crippen LogP contribution in [0.3, 0.4) is 0 Å². The molecule has 0 aromatic carbocycles. The summed E-state index contributed by atoms with van der Waals surface area (Å²) < 4.78 is 5.04. The molecule has 1 atom stereocenters. The molecule has 98 valence electrons. The van der Waals surface area contributed by atoms with Gasteiger partial charge in [0.1, 0.15) is 0 Å². The van der Waals surface area contributed by atoms with Crippen LogP contribution < -0.4 is 10.6 Å². The Balaban J connectivity index is 2.51. The standard InChI is InChI=1S/C11H20N2O4/c1-10(2,3)6-12-9(16)13-11(8(14)15)4-5-17-7-11/h4-7H2,1-3H3,(H,14,15)(H2,12,13,16). The zero-order valence-electron chi connectivity index (χ0n) is 10.5. The molecule has 2 amide bonds. The molecule has 0 radical (unpaired) electrons. The smallest absolute Gasteiger partial charge is 0.332 e. The van der Waals surface area contributed by atoms with Gasteiger partial charge in [0, 0.05) is 19.6 Å². The van der Waals surface area contributed by atoms with Crippen molar-refractivity contribution in [2.75, 3.05) is 19.8 Å². The van der Waals surface area contributed by atoms with Crippen LogP contribution in [0.1, 0.15) is 27.2 Å². The van der Waals surface area contributed by atoms with Gasteiger partial charge in [0.15, 0.2) is 5.54 Å². The molecule has 1 heterocycles. The lowest BCUT2D eigenvalue weighted by atomic mass is 9.97. The molecule has 1 aliphatic heterocycles. The maximum atomic E-state index is 11.6. The molecule has 1 rings (SSSR count). The number of carbonyl (C=O) groups excluding carboxylic acids is 1. The van der Waals surface area contributed by atoms with Gasteiger partial charge in [-0.25, -0.2) is 9.59 Å². The SMILES string of the molecule is CC(C)(C)CNC(=O)NC1(C(=O)O)CCOC1. The Kier molecular flexibility index (Phi) is 3.98. The van der Waals surface area contributed by atoms with Crippen LogP contribution in [0.25, 0.3) is 0 Å². The number of rotatable bonds is 3. The Morgan fingerprint density at radius 2 is 2.06 bits per heavy atom. The van der Waals surface area contributed by atoms with Crippen LogP contribution in [0.15, 0.2) is 0 Å². The molecule has 0 aromatic heterocycles. The third-order valence-corrected chi connectivity index (χ3v) is 2.56. The lowest BCUT2D eigenvalue weighted by Crippen LogP contribution is -2.58. The minimum absolute atomic E-state index is 0.0191. The highest BCUT2D eigenvalue weighted by atomic mass is 16.5. The van der Waals surface area contributed by atoms with Crippen molar-refractivity contribution in [1.82, 2.24) is 10.6 Å². The number of carboxylic acid groups (broad SMARTS) is 1. The molecule has 3 N–H and O–H groups in total. The summed E-state index contributed by atoms with van der Waals surface area (Å²) in [5.74, 6) is -1.05. The average Bonchev–Trinajstić information content (AvgIpc) is 2.63. The van der Waals surface area contributed by atoms with Gasteiger partial charge < -0.3 is 20.5 Å². The van der Waals surface area contributed by atoms with Gasteiger partial charge in [0.2, 0.25) is 0 Å².